The molecule has 3 nitrogen and oxygen atoms in total. The lowest BCUT2D eigenvalue weighted by Gasteiger charge is -2.16. The van der Waals surface area contributed by atoms with Gasteiger partial charge in [-0.25, -0.2) is 0 Å². The molecular weight excluding hydrogens is 250 g/mol. The largest absolute Gasteiger partial charge is 0.494 e. The maximum Gasteiger partial charge on any atom is 0.170 e. The lowest BCUT2D eigenvalue weighted by Crippen LogP contribution is -2.09. The zero-order valence-corrected chi connectivity index (χ0v) is 11.0. The van der Waals surface area contributed by atoms with E-state index in [0.717, 1.165) is 11.8 Å². The van der Waals surface area contributed by atoms with Crippen LogP contribution in [0.3, 0.4) is 0 Å². The second-order valence-corrected chi connectivity index (χ2v) is 4.46. The molecule has 18 heavy (non-hydrogen) atoms. The number of nitrogens with zero attached hydrogens (tertiary/aromatic N) is 1. The number of hydrogen-bond donors (Lipinski definition) is 0. The molecule has 0 saturated carbocycles. The second kappa shape index (κ2) is 5.27. The van der Waals surface area contributed by atoms with Gasteiger partial charge in [0.1, 0.15) is 11.4 Å². The van der Waals surface area contributed by atoms with E-state index in [-0.39, 0.29) is 6.04 Å². The molecule has 2 rings (SSSR count). The fraction of sp³-hybridized carbons (Fsp3) is 0.214. The fourth-order valence-corrected chi connectivity index (χ4v) is 2.10. The minimum Gasteiger partial charge on any atom is -0.494 e. The van der Waals surface area contributed by atoms with E-state index in [0.29, 0.717) is 16.5 Å². The number of carbonyl (C=O) groups excluding carboxylic acids is 1. The summed E-state index contributed by atoms with van der Waals surface area (Å²) in [6.07, 6.45) is 2.66. The Kier molecular flexibility index (Phi) is 3.72. The first-order chi connectivity index (χ1) is 8.67. The fourth-order valence-electron chi connectivity index (χ4n) is 1.97. The van der Waals surface area contributed by atoms with Gasteiger partial charge in [-0.1, -0.05) is 23.7 Å². The van der Waals surface area contributed by atoms with Crippen molar-refractivity contribution in [2.24, 2.45) is 0 Å². The summed E-state index contributed by atoms with van der Waals surface area (Å²) < 4.78 is 7.03. The standard InChI is InChI=1S/C14H14ClNO2/c1-10(11-3-5-12(15)6-4-11)16-8-7-14(18-2)13(16)9-17/h3-10H,1-2H3. The normalized spacial score (nSPS) is 12.2. The summed E-state index contributed by atoms with van der Waals surface area (Å²) in [6.45, 7) is 2.02. The molecule has 0 aliphatic rings. The van der Waals surface area contributed by atoms with Gasteiger partial charge in [0.05, 0.1) is 13.2 Å². The van der Waals surface area contributed by atoms with Gasteiger partial charge in [-0.05, 0) is 30.7 Å². The molecule has 0 saturated heterocycles. The highest BCUT2D eigenvalue weighted by Gasteiger charge is 2.15. The Balaban J connectivity index is 2.39. The number of benzene rings is 1. The molecule has 0 aliphatic carbocycles. The van der Waals surface area contributed by atoms with Crippen LogP contribution in [-0.4, -0.2) is 18.0 Å². The topological polar surface area (TPSA) is 31.2 Å². The van der Waals surface area contributed by atoms with Crippen LogP contribution in [0, 0.1) is 0 Å². The predicted molar refractivity (Wildman–Crippen MR) is 71.6 cm³/mol. The van der Waals surface area contributed by atoms with Gasteiger partial charge in [-0.2, -0.15) is 0 Å². The number of ether oxygens (including phenoxy) is 1. The summed E-state index contributed by atoms with van der Waals surface area (Å²) in [5.41, 5.74) is 1.63. The number of carbonyl (C=O) groups is 1. The van der Waals surface area contributed by atoms with Gasteiger partial charge in [-0.3, -0.25) is 4.79 Å². The van der Waals surface area contributed by atoms with E-state index >= 15 is 0 Å². The monoisotopic (exact) mass is 263 g/mol. The van der Waals surface area contributed by atoms with Crippen molar-refractivity contribution in [1.82, 2.24) is 4.57 Å². The van der Waals surface area contributed by atoms with Crippen LogP contribution in [0.2, 0.25) is 5.02 Å². The van der Waals surface area contributed by atoms with Crippen molar-refractivity contribution in [3.8, 4) is 5.75 Å². The summed E-state index contributed by atoms with van der Waals surface area (Å²) in [5.74, 6) is 0.589. The molecule has 0 fully saturated rings. The van der Waals surface area contributed by atoms with Crippen LogP contribution >= 0.6 is 11.6 Å². The van der Waals surface area contributed by atoms with Gasteiger partial charge < -0.3 is 9.30 Å². The van der Waals surface area contributed by atoms with Crippen LogP contribution in [0.15, 0.2) is 36.5 Å². The molecule has 0 N–H and O–H groups in total. The van der Waals surface area contributed by atoms with Crippen molar-refractivity contribution in [2.75, 3.05) is 7.11 Å². The maximum absolute atomic E-state index is 11.1. The van der Waals surface area contributed by atoms with Crippen molar-refractivity contribution in [3.63, 3.8) is 0 Å². The Morgan fingerprint density at radius 1 is 1.28 bits per heavy atom. The van der Waals surface area contributed by atoms with Crippen molar-refractivity contribution in [3.05, 3.63) is 52.8 Å². The SMILES string of the molecule is COc1ccn(C(C)c2ccc(Cl)cc2)c1C=O. The first kappa shape index (κ1) is 12.7. The molecule has 1 heterocycles. The van der Waals surface area contributed by atoms with Crippen molar-refractivity contribution >= 4 is 17.9 Å². The Morgan fingerprint density at radius 2 is 1.94 bits per heavy atom. The van der Waals surface area contributed by atoms with E-state index in [1.54, 1.807) is 13.2 Å². The van der Waals surface area contributed by atoms with E-state index in [1.807, 2.05) is 42.0 Å². The average molecular weight is 264 g/mol. The summed E-state index contributed by atoms with van der Waals surface area (Å²) in [5, 5.41) is 0.701. The molecule has 1 aromatic carbocycles. The van der Waals surface area contributed by atoms with E-state index in [2.05, 4.69) is 0 Å². The molecule has 0 spiro atoms. The zero-order valence-electron chi connectivity index (χ0n) is 10.3. The first-order valence-electron chi connectivity index (χ1n) is 5.63. The van der Waals surface area contributed by atoms with Crippen LogP contribution in [-0.2, 0) is 0 Å². The number of aldehydes is 1. The van der Waals surface area contributed by atoms with Gasteiger partial charge >= 0.3 is 0 Å². The number of methoxy groups -OCH3 is 1. The maximum atomic E-state index is 11.1. The van der Waals surface area contributed by atoms with Gasteiger partial charge in [0.25, 0.3) is 0 Å². The molecule has 0 aliphatic heterocycles. The number of halogens is 1. The lowest BCUT2D eigenvalue weighted by molar-refractivity contribution is 0.111. The molecule has 1 unspecified atom stereocenters. The minimum atomic E-state index is 0.0476. The summed E-state index contributed by atoms with van der Waals surface area (Å²) >= 11 is 5.86. The molecule has 4 heteroatoms. The molecule has 0 amide bonds. The van der Waals surface area contributed by atoms with Gasteiger partial charge in [0.2, 0.25) is 0 Å². The lowest BCUT2D eigenvalue weighted by atomic mass is 10.1. The number of aromatic nitrogens is 1. The van der Waals surface area contributed by atoms with E-state index in [9.17, 15) is 4.79 Å². The van der Waals surface area contributed by atoms with Crippen LogP contribution in [0.25, 0.3) is 0 Å². The second-order valence-electron chi connectivity index (χ2n) is 4.02. The molecule has 0 bridgehead atoms. The van der Waals surface area contributed by atoms with Gasteiger partial charge in [0, 0.05) is 11.2 Å². The van der Waals surface area contributed by atoms with Crippen LogP contribution in [0.1, 0.15) is 29.0 Å². The average Bonchev–Trinajstić information content (AvgIpc) is 2.81. The van der Waals surface area contributed by atoms with Crippen molar-refractivity contribution in [2.45, 2.75) is 13.0 Å². The van der Waals surface area contributed by atoms with Crippen LogP contribution < -0.4 is 4.74 Å². The smallest absolute Gasteiger partial charge is 0.170 e. The third kappa shape index (κ3) is 2.27. The Hall–Kier alpha value is -1.74. The van der Waals surface area contributed by atoms with Crippen molar-refractivity contribution in [1.29, 1.82) is 0 Å². The summed E-state index contributed by atoms with van der Waals surface area (Å²) in [4.78, 5) is 11.1. The van der Waals surface area contributed by atoms with Gasteiger partial charge in [-0.15, -0.1) is 0 Å². The highest BCUT2D eigenvalue weighted by atomic mass is 35.5. The first-order valence-corrected chi connectivity index (χ1v) is 6.00. The molecule has 1 atom stereocenters. The summed E-state index contributed by atoms with van der Waals surface area (Å²) in [6, 6.07) is 9.42. The van der Waals surface area contributed by atoms with E-state index in [4.69, 9.17) is 16.3 Å². The Labute approximate surface area is 111 Å². The molecule has 0 radical (unpaired) electrons. The number of rotatable bonds is 4. The third-order valence-electron chi connectivity index (χ3n) is 3.02. The zero-order chi connectivity index (χ0) is 13.1. The third-order valence-corrected chi connectivity index (χ3v) is 3.27. The highest BCUT2D eigenvalue weighted by Crippen LogP contribution is 2.26. The Bertz CT molecular complexity index is 545. The van der Waals surface area contributed by atoms with E-state index < -0.39 is 0 Å². The van der Waals surface area contributed by atoms with Gasteiger partial charge in [0.15, 0.2) is 6.29 Å². The highest BCUT2D eigenvalue weighted by molar-refractivity contribution is 6.30. The predicted octanol–water partition coefficient (Wildman–Crippen LogP) is 3.57. The molecule has 2 aromatic rings. The summed E-state index contributed by atoms with van der Waals surface area (Å²) in [7, 11) is 1.56. The number of hydrogen-bond acceptors (Lipinski definition) is 2. The molecular formula is C14H14ClNO2. The molecule has 94 valence electrons. The van der Waals surface area contributed by atoms with Crippen LogP contribution in [0.4, 0.5) is 0 Å². The minimum absolute atomic E-state index is 0.0476. The van der Waals surface area contributed by atoms with Crippen molar-refractivity contribution < 1.29 is 9.53 Å². The van der Waals surface area contributed by atoms with E-state index in [1.165, 1.54) is 0 Å². The quantitative estimate of drug-likeness (QED) is 0.790. The van der Waals surface area contributed by atoms with Crippen LogP contribution in [0.5, 0.6) is 5.75 Å². The Morgan fingerprint density at radius 3 is 2.50 bits per heavy atom. The molecule has 1 aromatic heterocycles.